The lowest BCUT2D eigenvalue weighted by Gasteiger charge is -2.26. The summed E-state index contributed by atoms with van der Waals surface area (Å²) >= 11 is 2.00. The van der Waals surface area contributed by atoms with E-state index in [0.717, 1.165) is 0 Å². The van der Waals surface area contributed by atoms with Gasteiger partial charge < -0.3 is 9.84 Å². The molecule has 0 bridgehead atoms. The highest BCUT2D eigenvalue weighted by Gasteiger charge is 2.37. The van der Waals surface area contributed by atoms with Crippen LogP contribution in [-0.4, -0.2) is 15.6 Å². The topological polar surface area (TPSA) is 68.5 Å². The number of esters is 1. The first-order valence-corrected chi connectivity index (χ1v) is 7.25. The Morgan fingerprint density at radius 2 is 2.30 bits per heavy atom. The monoisotopic (exact) mass is 387 g/mol. The Hall–Kier alpha value is -1.33. The van der Waals surface area contributed by atoms with Crippen LogP contribution in [0.2, 0.25) is 0 Å². The van der Waals surface area contributed by atoms with Crippen LogP contribution in [0.1, 0.15) is 30.9 Å². The number of carbonyl (C=O) groups is 1. The maximum Gasteiger partial charge on any atom is 0.309 e. The Bertz CT molecular complexity index is 658. The van der Waals surface area contributed by atoms with Gasteiger partial charge in [0.15, 0.2) is 0 Å². The average molecular weight is 387 g/mol. The highest BCUT2D eigenvalue weighted by atomic mass is 127. The second-order valence-corrected chi connectivity index (χ2v) is 5.78. The smallest absolute Gasteiger partial charge is 0.309 e. The summed E-state index contributed by atoms with van der Waals surface area (Å²) in [5.41, 5.74) is -0.909. The highest BCUT2D eigenvalue weighted by molar-refractivity contribution is 14.1. The molecular weight excluding hydrogens is 373 g/mol. The predicted octanol–water partition coefficient (Wildman–Crippen LogP) is 1.13. The SMILES string of the molecule is C#CCn1c(I)cc2c(c1=O)COC(=O)C[C@]2(O)CC. The molecule has 1 atom stereocenters. The molecule has 1 N–H and O–H groups in total. The van der Waals surface area contributed by atoms with Crippen LogP contribution in [0.3, 0.4) is 0 Å². The third-order valence-electron chi connectivity index (χ3n) is 3.50. The number of rotatable bonds is 2. The van der Waals surface area contributed by atoms with Gasteiger partial charge in [0, 0.05) is 0 Å². The molecule has 0 saturated heterocycles. The molecule has 1 aromatic rings. The molecule has 2 heterocycles. The normalized spacial score (nSPS) is 21.6. The van der Waals surface area contributed by atoms with Crippen LogP contribution in [0.25, 0.3) is 0 Å². The first-order chi connectivity index (χ1) is 9.42. The van der Waals surface area contributed by atoms with Gasteiger partial charge in [0.05, 0.1) is 22.2 Å². The van der Waals surface area contributed by atoms with E-state index in [9.17, 15) is 14.7 Å². The molecule has 0 amide bonds. The zero-order chi connectivity index (χ0) is 14.9. The molecule has 106 valence electrons. The van der Waals surface area contributed by atoms with Crippen LogP contribution in [0.5, 0.6) is 0 Å². The summed E-state index contributed by atoms with van der Waals surface area (Å²) in [6.45, 7) is 1.78. The van der Waals surface area contributed by atoms with Crippen LogP contribution in [0.4, 0.5) is 0 Å². The summed E-state index contributed by atoms with van der Waals surface area (Å²) in [5.74, 6) is 1.91. The van der Waals surface area contributed by atoms with Gasteiger partial charge in [-0.3, -0.25) is 14.2 Å². The van der Waals surface area contributed by atoms with Crippen molar-refractivity contribution in [3.63, 3.8) is 0 Å². The molecule has 1 aliphatic heterocycles. The number of fused-ring (bicyclic) bond motifs is 1. The van der Waals surface area contributed by atoms with E-state index >= 15 is 0 Å². The molecule has 1 aliphatic rings. The highest BCUT2D eigenvalue weighted by Crippen LogP contribution is 2.34. The lowest BCUT2D eigenvalue weighted by atomic mass is 9.86. The van der Waals surface area contributed by atoms with Crippen molar-refractivity contribution >= 4 is 28.6 Å². The summed E-state index contributed by atoms with van der Waals surface area (Å²) in [5, 5.41) is 10.7. The molecule has 0 aromatic carbocycles. The van der Waals surface area contributed by atoms with E-state index < -0.39 is 11.6 Å². The third kappa shape index (κ3) is 2.47. The lowest BCUT2D eigenvalue weighted by molar-refractivity contribution is -0.149. The molecule has 0 spiro atoms. The van der Waals surface area contributed by atoms with Crippen molar-refractivity contribution in [1.82, 2.24) is 4.57 Å². The van der Waals surface area contributed by atoms with Crippen molar-refractivity contribution in [3.8, 4) is 12.3 Å². The number of hydrogen-bond donors (Lipinski definition) is 1. The first kappa shape index (κ1) is 15.1. The van der Waals surface area contributed by atoms with E-state index in [4.69, 9.17) is 11.2 Å². The van der Waals surface area contributed by atoms with Gasteiger partial charge in [0.1, 0.15) is 12.2 Å². The van der Waals surface area contributed by atoms with Crippen LogP contribution in [0.15, 0.2) is 10.9 Å². The van der Waals surface area contributed by atoms with Crippen LogP contribution in [-0.2, 0) is 28.3 Å². The number of ether oxygens (including phenoxy) is 1. The van der Waals surface area contributed by atoms with Crippen LogP contribution >= 0.6 is 22.6 Å². The predicted molar refractivity (Wildman–Crippen MR) is 80.9 cm³/mol. The molecule has 6 heteroatoms. The lowest BCUT2D eigenvalue weighted by Crippen LogP contribution is -2.33. The molecule has 20 heavy (non-hydrogen) atoms. The standard InChI is InChI=1S/C14H14INO4/c1-3-5-16-11(15)6-10-9(13(16)18)8-20-12(17)7-14(10,19)4-2/h1,6,19H,4-5,7-8H2,2H3/t14-/m1/s1. The molecular formula is C14H14INO4. The van der Waals surface area contributed by atoms with E-state index in [1.807, 2.05) is 22.6 Å². The van der Waals surface area contributed by atoms with Gasteiger partial charge >= 0.3 is 5.97 Å². The second-order valence-electron chi connectivity index (χ2n) is 4.68. The quantitative estimate of drug-likeness (QED) is 0.358. The number of pyridine rings is 1. The van der Waals surface area contributed by atoms with Gasteiger partial charge in [-0.05, 0) is 40.6 Å². The van der Waals surface area contributed by atoms with Crippen molar-refractivity contribution in [3.05, 3.63) is 31.2 Å². The van der Waals surface area contributed by atoms with Crippen molar-refractivity contribution in [1.29, 1.82) is 0 Å². The minimum atomic E-state index is -1.36. The van der Waals surface area contributed by atoms with Gasteiger partial charge in [-0.1, -0.05) is 12.8 Å². The van der Waals surface area contributed by atoms with E-state index in [1.54, 1.807) is 13.0 Å². The molecule has 0 aliphatic carbocycles. The zero-order valence-corrected chi connectivity index (χ0v) is 13.1. The molecule has 1 aromatic heterocycles. The van der Waals surface area contributed by atoms with Crippen molar-refractivity contribution in [2.45, 2.75) is 38.5 Å². The van der Waals surface area contributed by atoms with Gasteiger partial charge in [-0.2, -0.15) is 0 Å². The number of hydrogen-bond acceptors (Lipinski definition) is 4. The molecule has 0 radical (unpaired) electrons. The number of aromatic nitrogens is 1. The number of halogens is 1. The van der Waals surface area contributed by atoms with E-state index in [1.165, 1.54) is 4.57 Å². The van der Waals surface area contributed by atoms with Gasteiger partial charge in [0.2, 0.25) is 0 Å². The molecule has 0 fully saturated rings. The summed E-state index contributed by atoms with van der Waals surface area (Å²) < 4.78 is 7.07. The van der Waals surface area contributed by atoms with Crippen molar-refractivity contribution < 1.29 is 14.6 Å². The zero-order valence-electron chi connectivity index (χ0n) is 11.0. The summed E-state index contributed by atoms with van der Waals surface area (Å²) in [6, 6.07) is 1.71. The Morgan fingerprint density at radius 1 is 1.60 bits per heavy atom. The molecule has 0 unspecified atom stereocenters. The van der Waals surface area contributed by atoms with Crippen molar-refractivity contribution in [2.75, 3.05) is 0 Å². The van der Waals surface area contributed by atoms with Gasteiger partial charge in [0.25, 0.3) is 5.56 Å². The molecule has 2 rings (SSSR count). The second kappa shape index (κ2) is 5.58. The van der Waals surface area contributed by atoms with Crippen LogP contribution < -0.4 is 5.56 Å². The number of nitrogens with zero attached hydrogens (tertiary/aromatic N) is 1. The largest absolute Gasteiger partial charge is 0.460 e. The minimum Gasteiger partial charge on any atom is -0.460 e. The molecule has 5 nitrogen and oxygen atoms in total. The van der Waals surface area contributed by atoms with Gasteiger partial charge in [-0.15, -0.1) is 6.42 Å². The van der Waals surface area contributed by atoms with E-state index in [2.05, 4.69) is 5.92 Å². The summed E-state index contributed by atoms with van der Waals surface area (Å²) in [6.07, 6.45) is 5.43. The maximum atomic E-state index is 12.4. The summed E-state index contributed by atoms with van der Waals surface area (Å²) in [4.78, 5) is 24.1. The average Bonchev–Trinajstić information content (AvgIpc) is 2.53. The minimum absolute atomic E-state index is 0.128. The van der Waals surface area contributed by atoms with Gasteiger partial charge in [-0.25, -0.2) is 0 Å². The fourth-order valence-corrected chi connectivity index (χ4v) is 3.01. The fraction of sp³-hybridized carbons (Fsp3) is 0.429. The van der Waals surface area contributed by atoms with E-state index in [-0.39, 0.29) is 25.1 Å². The molecule has 0 saturated carbocycles. The number of aliphatic hydroxyl groups is 1. The Labute approximate surface area is 130 Å². The van der Waals surface area contributed by atoms with Crippen molar-refractivity contribution in [2.24, 2.45) is 0 Å². The third-order valence-corrected chi connectivity index (χ3v) is 4.39. The fourth-order valence-electron chi connectivity index (χ4n) is 2.31. The Balaban J connectivity index is 2.72. The Kier molecular flexibility index (Phi) is 4.20. The first-order valence-electron chi connectivity index (χ1n) is 6.17. The van der Waals surface area contributed by atoms with E-state index in [0.29, 0.717) is 21.2 Å². The number of terminal acetylenes is 1. The number of cyclic esters (lactones) is 1. The maximum absolute atomic E-state index is 12.4. The van der Waals surface area contributed by atoms with Crippen LogP contribution in [0, 0.1) is 16.0 Å². The Morgan fingerprint density at radius 3 is 2.90 bits per heavy atom. The number of carbonyl (C=O) groups excluding carboxylic acids is 1. The summed E-state index contributed by atoms with van der Waals surface area (Å²) in [7, 11) is 0.